The molecule has 1 atom stereocenters. The summed E-state index contributed by atoms with van der Waals surface area (Å²) in [5, 5.41) is 0. The predicted molar refractivity (Wildman–Crippen MR) is 54.2 cm³/mol. The summed E-state index contributed by atoms with van der Waals surface area (Å²) in [6, 6.07) is 0. The Bertz CT molecular complexity index is 389. The fourth-order valence-corrected chi connectivity index (χ4v) is 1.37. The quantitative estimate of drug-likeness (QED) is 0.830. The Morgan fingerprint density at radius 1 is 1.60 bits per heavy atom. The minimum absolute atomic E-state index is 0.104. The fraction of sp³-hybridized carbons (Fsp3) is 0.600. The van der Waals surface area contributed by atoms with Crippen molar-refractivity contribution in [2.45, 2.75) is 32.8 Å². The summed E-state index contributed by atoms with van der Waals surface area (Å²) < 4.78 is 18.2. The fourth-order valence-electron chi connectivity index (χ4n) is 1.37. The van der Waals surface area contributed by atoms with Crippen molar-refractivity contribution in [3.63, 3.8) is 0 Å². The Hall–Kier alpha value is -1.23. The van der Waals surface area contributed by atoms with Gasteiger partial charge in [0.25, 0.3) is 5.56 Å². The van der Waals surface area contributed by atoms with Crippen molar-refractivity contribution in [3.8, 4) is 0 Å². The molecule has 0 aliphatic heterocycles. The van der Waals surface area contributed by atoms with Crippen LogP contribution in [0.2, 0.25) is 0 Å². The van der Waals surface area contributed by atoms with E-state index in [-0.39, 0.29) is 11.8 Å². The van der Waals surface area contributed by atoms with Crippen LogP contribution < -0.4 is 5.56 Å². The first-order valence-electron chi connectivity index (χ1n) is 4.89. The Morgan fingerprint density at radius 3 is 2.73 bits per heavy atom. The molecule has 5 heteroatoms. The second kappa shape index (κ2) is 5.02. The van der Waals surface area contributed by atoms with Gasteiger partial charge in [-0.15, -0.1) is 0 Å². The number of hydrogen-bond acceptors (Lipinski definition) is 3. The molecule has 0 aliphatic rings. The molecular weight excluding hydrogens is 199 g/mol. The molecule has 0 saturated heterocycles. The third kappa shape index (κ3) is 2.62. The SMILES string of the molecule is CCCC(OC)c1nc(C)c(F)c(=O)[nH]1. The smallest absolute Gasteiger partial charge is 0.287 e. The average molecular weight is 214 g/mol. The van der Waals surface area contributed by atoms with Gasteiger partial charge in [0.05, 0.1) is 5.69 Å². The maximum Gasteiger partial charge on any atom is 0.287 e. The lowest BCUT2D eigenvalue weighted by Crippen LogP contribution is -2.20. The van der Waals surface area contributed by atoms with Crippen molar-refractivity contribution in [1.82, 2.24) is 9.97 Å². The second-order valence-electron chi connectivity index (χ2n) is 3.36. The highest BCUT2D eigenvalue weighted by atomic mass is 19.1. The van der Waals surface area contributed by atoms with Crippen molar-refractivity contribution in [1.29, 1.82) is 0 Å². The lowest BCUT2D eigenvalue weighted by Gasteiger charge is -2.13. The first kappa shape index (κ1) is 11.8. The van der Waals surface area contributed by atoms with Crippen LogP contribution in [0.5, 0.6) is 0 Å². The molecule has 0 radical (unpaired) electrons. The number of nitrogens with zero attached hydrogens (tertiary/aromatic N) is 1. The molecule has 15 heavy (non-hydrogen) atoms. The van der Waals surface area contributed by atoms with E-state index in [0.29, 0.717) is 5.82 Å². The van der Waals surface area contributed by atoms with Crippen LogP contribution in [-0.4, -0.2) is 17.1 Å². The highest BCUT2D eigenvalue weighted by molar-refractivity contribution is 5.05. The van der Waals surface area contributed by atoms with Gasteiger partial charge in [-0.2, -0.15) is 4.39 Å². The number of aryl methyl sites for hydroxylation is 1. The summed E-state index contributed by atoms with van der Waals surface area (Å²) in [4.78, 5) is 17.5. The van der Waals surface area contributed by atoms with Crippen LogP contribution in [0.3, 0.4) is 0 Å². The lowest BCUT2D eigenvalue weighted by atomic mass is 10.2. The largest absolute Gasteiger partial charge is 0.374 e. The summed E-state index contributed by atoms with van der Waals surface area (Å²) in [6.45, 7) is 3.47. The van der Waals surface area contributed by atoms with E-state index >= 15 is 0 Å². The molecule has 0 amide bonds. The van der Waals surface area contributed by atoms with Gasteiger partial charge in [-0.25, -0.2) is 4.98 Å². The van der Waals surface area contributed by atoms with Gasteiger partial charge < -0.3 is 9.72 Å². The topological polar surface area (TPSA) is 55.0 Å². The van der Waals surface area contributed by atoms with Gasteiger partial charge in [-0.1, -0.05) is 13.3 Å². The van der Waals surface area contributed by atoms with Gasteiger partial charge >= 0.3 is 0 Å². The maximum atomic E-state index is 13.0. The summed E-state index contributed by atoms with van der Waals surface area (Å²) in [7, 11) is 1.54. The van der Waals surface area contributed by atoms with Gasteiger partial charge in [0.1, 0.15) is 11.9 Å². The van der Waals surface area contributed by atoms with Gasteiger partial charge in [-0.05, 0) is 13.3 Å². The molecule has 0 saturated carbocycles. The van der Waals surface area contributed by atoms with Crippen LogP contribution in [0.15, 0.2) is 4.79 Å². The Balaban J connectivity index is 3.09. The number of H-pyrrole nitrogens is 1. The number of nitrogens with one attached hydrogen (secondary N) is 1. The highest BCUT2D eigenvalue weighted by Gasteiger charge is 2.15. The summed E-state index contributed by atoms with van der Waals surface area (Å²) in [6.07, 6.45) is 1.37. The van der Waals surface area contributed by atoms with Gasteiger partial charge in [0.2, 0.25) is 5.82 Å². The maximum absolute atomic E-state index is 13.0. The number of hydrogen-bond donors (Lipinski definition) is 1. The Morgan fingerprint density at radius 2 is 2.27 bits per heavy atom. The molecule has 4 nitrogen and oxygen atoms in total. The third-order valence-electron chi connectivity index (χ3n) is 2.19. The highest BCUT2D eigenvalue weighted by Crippen LogP contribution is 2.17. The molecule has 0 bridgehead atoms. The number of rotatable bonds is 4. The molecular formula is C10H15FN2O2. The van der Waals surface area contributed by atoms with Gasteiger partial charge in [-0.3, -0.25) is 4.79 Å². The predicted octanol–water partition coefficient (Wildman–Crippen LogP) is 1.71. The molecule has 1 aromatic heterocycles. The van der Waals surface area contributed by atoms with Crippen LogP contribution in [-0.2, 0) is 4.74 Å². The molecule has 1 unspecified atom stereocenters. The number of ether oxygens (including phenoxy) is 1. The Labute approximate surface area is 87.5 Å². The van der Waals surface area contributed by atoms with Gasteiger partial charge in [0, 0.05) is 7.11 Å². The minimum atomic E-state index is -0.829. The third-order valence-corrected chi connectivity index (χ3v) is 2.19. The molecule has 0 spiro atoms. The van der Waals surface area contributed by atoms with Gasteiger partial charge in [0.15, 0.2) is 0 Å². The molecule has 1 aromatic rings. The van der Waals surface area contributed by atoms with Crippen LogP contribution in [0.4, 0.5) is 4.39 Å². The van der Waals surface area contributed by atoms with Crippen molar-refractivity contribution < 1.29 is 9.13 Å². The molecule has 1 N–H and O–H groups in total. The molecule has 1 rings (SSSR count). The van der Waals surface area contributed by atoms with Crippen LogP contribution in [0, 0.1) is 12.7 Å². The van der Waals surface area contributed by atoms with Crippen molar-refractivity contribution in [2.24, 2.45) is 0 Å². The standard InChI is InChI=1S/C10H15FN2O2/c1-4-5-7(15-3)9-12-6(2)8(11)10(14)13-9/h7H,4-5H2,1-3H3,(H,12,13,14). The van der Waals surface area contributed by atoms with Crippen LogP contribution in [0.25, 0.3) is 0 Å². The normalized spacial score (nSPS) is 12.8. The lowest BCUT2D eigenvalue weighted by molar-refractivity contribution is 0.0870. The van der Waals surface area contributed by atoms with Crippen molar-refractivity contribution in [2.75, 3.05) is 7.11 Å². The number of aromatic nitrogens is 2. The molecule has 1 heterocycles. The van der Waals surface area contributed by atoms with Crippen molar-refractivity contribution >= 4 is 0 Å². The number of halogens is 1. The Kier molecular flexibility index (Phi) is 3.96. The second-order valence-corrected chi connectivity index (χ2v) is 3.36. The molecule has 0 aromatic carbocycles. The minimum Gasteiger partial charge on any atom is -0.374 e. The van der Waals surface area contributed by atoms with E-state index in [1.54, 1.807) is 7.11 Å². The van der Waals surface area contributed by atoms with E-state index < -0.39 is 11.4 Å². The first-order chi connectivity index (χ1) is 7.10. The van der Waals surface area contributed by atoms with Crippen LogP contribution >= 0.6 is 0 Å². The first-order valence-corrected chi connectivity index (χ1v) is 4.89. The summed E-state index contributed by atoms with van der Waals surface area (Å²) in [5.74, 6) is -0.437. The number of aromatic amines is 1. The zero-order valence-corrected chi connectivity index (χ0v) is 9.13. The van der Waals surface area contributed by atoms with E-state index in [1.165, 1.54) is 6.92 Å². The summed E-state index contributed by atoms with van der Waals surface area (Å²) in [5.41, 5.74) is -0.637. The van der Waals surface area contributed by atoms with E-state index in [1.807, 2.05) is 6.92 Å². The monoisotopic (exact) mass is 214 g/mol. The molecule has 0 aliphatic carbocycles. The summed E-state index contributed by atoms with van der Waals surface area (Å²) >= 11 is 0. The van der Waals surface area contributed by atoms with Crippen LogP contribution in [0.1, 0.15) is 37.4 Å². The van der Waals surface area contributed by atoms with E-state index in [0.717, 1.165) is 12.8 Å². The average Bonchev–Trinajstić information content (AvgIpc) is 2.22. The van der Waals surface area contributed by atoms with E-state index in [9.17, 15) is 9.18 Å². The van der Waals surface area contributed by atoms with E-state index in [2.05, 4.69) is 9.97 Å². The number of methoxy groups -OCH3 is 1. The zero-order valence-electron chi connectivity index (χ0n) is 9.13. The van der Waals surface area contributed by atoms with Crippen molar-refractivity contribution in [3.05, 3.63) is 27.7 Å². The van der Waals surface area contributed by atoms with E-state index in [4.69, 9.17) is 4.74 Å². The molecule has 84 valence electrons. The molecule has 0 fully saturated rings. The zero-order chi connectivity index (χ0) is 11.4.